The summed E-state index contributed by atoms with van der Waals surface area (Å²) in [4.78, 5) is 19.7. The molecule has 0 aliphatic carbocycles. The van der Waals surface area contributed by atoms with Crippen LogP contribution in [0.4, 0.5) is 11.5 Å². The van der Waals surface area contributed by atoms with Gasteiger partial charge in [0.25, 0.3) is 5.91 Å². The van der Waals surface area contributed by atoms with E-state index >= 15 is 0 Å². The molecule has 5 nitrogen and oxygen atoms in total. The lowest BCUT2D eigenvalue weighted by Crippen LogP contribution is -2.13. The fraction of sp³-hybridized carbons (Fsp3) is 0. The maximum absolute atomic E-state index is 11.8. The normalized spacial score (nSPS) is 9.94. The summed E-state index contributed by atoms with van der Waals surface area (Å²) in [5.41, 5.74) is 6.55. The van der Waals surface area contributed by atoms with E-state index in [0.717, 1.165) is 0 Å². The average molecular weight is 293 g/mol. The van der Waals surface area contributed by atoms with Gasteiger partial charge in [0.1, 0.15) is 5.82 Å². The number of anilines is 2. The van der Waals surface area contributed by atoms with Crippen LogP contribution in [0.15, 0.2) is 41.3 Å². The number of nitrogens with two attached hydrogens (primary N) is 1. The van der Waals surface area contributed by atoms with Gasteiger partial charge in [0.15, 0.2) is 0 Å². The Morgan fingerprint density at radius 3 is 2.88 bits per heavy atom. The highest BCUT2D eigenvalue weighted by atomic mass is 79.9. The van der Waals surface area contributed by atoms with Crippen LogP contribution in [0.3, 0.4) is 0 Å². The summed E-state index contributed by atoms with van der Waals surface area (Å²) in [6, 6.07) is 5.04. The predicted molar refractivity (Wildman–Crippen MR) is 68.5 cm³/mol. The minimum absolute atomic E-state index is 0.268. The minimum Gasteiger partial charge on any atom is -0.397 e. The van der Waals surface area contributed by atoms with Crippen LogP contribution in [-0.4, -0.2) is 15.9 Å². The number of nitrogens with zero attached hydrogens (tertiary/aromatic N) is 2. The van der Waals surface area contributed by atoms with Crippen LogP contribution in [0.2, 0.25) is 0 Å². The summed E-state index contributed by atoms with van der Waals surface area (Å²) < 4.78 is 0.634. The number of pyridine rings is 2. The number of nitrogen functional groups attached to an aromatic ring is 1. The lowest BCUT2D eigenvalue weighted by molar-refractivity contribution is 0.102. The third-order valence-electron chi connectivity index (χ3n) is 2.02. The summed E-state index contributed by atoms with van der Waals surface area (Å²) in [6.45, 7) is 0. The molecule has 2 heterocycles. The highest BCUT2D eigenvalue weighted by Crippen LogP contribution is 2.22. The molecule has 0 spiro atoms. The number of rotatable bonds is 2. The van der Waals surface area contributed by atoms with Crippen molar-refractivity contribution in [1.29, 1.82) is 0 Å². The smallest absolute Gasteiger partial charge is 0.258 e. The molecule has 0 aliphatic heterocycles. The summed E-state index contributed by atoms with van der Waals surface area (Å²) in [5, 5.41) is 2.66. The van der Waals surface area contributed by atoms with Gasteiger partial charge in [-0.05, 0) is 34.1 Å². The number of amides is 1. The first-order chi connectivity index (χ1) is 8.16. The van der Waals surface area contributed by atoms with Crippen LogP contribution in [0.1, 0.15) is 10.4 Å². The number of halogens is 1. The zero-order chi connectivity index (χ0) is 12.3. The summed E-state index contributed by atoms with van der Waals surface area (Å²) in [5.74, 6) is 0.157. The van der Waals surface area contributed by atoms with Gasteiger partial charge in [-0.25, -0.2) is 4.98 Å². The first-order valence-electron chi connectivity index (χ1n) is 4.79. The number of carbonyl (C=O) groups is 1. The van der Waals surface area contributed by atoms with Crippen molar-refractivity contribution in [3.63, 3.8) is 0 Å². The van der Waals surface area contributed by atoms with E-state index in [4.69, 9.17) is 5.73 Å². The lowest BCUT2D eigenvalue weighted by atomic mass is 10.2. The second-order valence-corrected chi connectivity index (χ2v) is 4.15. The topological polar surface area (TPSA) is 80.9 Å². The molecular formula is C11H9BrN4O. The van der Waals surface area contributed by atoms with Gasteiger partial charge in [-0.2, -0.15) is 0 Å². The molecule has 2 rings (SSSR count). The van der Waals surface area contributed by atoms with Gasteiger partial charge in [-0.3, -0.25) is 9.78 Å². The van der Waals surface area contributed by atoms with Crippen LogP contribution in [-0.2, 0) is 0 Å². The monoisotopic (exact) mass is 292 g/mol. The van der Waals surface area contributed by atoms with Crippen molar-refractivity contribution < 1.29 is 4.79 Å². The maximum atomic E-state index is 11.8. The molecule has 0 fully saturated rings. The number of hydrogen-bond donors (Lipinski definition) is 2. The predicted octanol–water partition coefficient (Wildman–Crippen LogP) is 2.07. The van der Waals surface area contributed by atoms with E-state index in [1.807, 2.05) is 0 Å². The molecule has 0 unspecified atom stereocenters. The van der Waals surface area contributed by atoms with Gasteiger partial charge in [0.05, 0.1) is 21.9 Å². The van der Waals surface area contributed by atoms with Crippen molar-refractivity contribution in [1.82, 2.24) is 9.97 Å². The number of nitrogens with one attached hydrogen (secondary N) is 1. The van der Waals surface area contributed by atoms with E-state index in [1.54, 1.807) is 24.4 Å². The molecular weight excluding hydrogens is 284 g/mol. The van der Waals surface area contributed by atoms with Gasteiger partial charge >= 0.3 is 0 Å². The van der Waals surface area contributed by atoms with Crippen molar-refractivity contribution in [2.75, 3.05) is 11.1 Å². The van der Waals surface area contributed by atoms with Gasteiger partial charge < -0.3 is 11.1 Å². The Bertz CT molecular complexity index is 544. The van der Waals surface area contributed by atoms with E-state index in [9.17, 15) is 4.79 Å². The Hall–Kier alpha value is -1.95. The molecule has 2 aromatic rings. The molecule has 0 atom stereocenters. The molecule has 0 aromatic carbocycles. The van der Waals surface area contributed by atoms with Gasteiger partial charge in [-0.15, -0.1) is 0 Å². The number of hydrogen-bond acceptors (Lipinski definition) is 4. The van der Waals surface area contributed by atoms with Crippen LogP contribution in [0.25, 0.3) is 0 Å². The Balaban J connectivity index is 2.19. The average Bonchev–Trinajstić information content (AvgIpc) is 2.34. The van der Waals surface area contributed by atoms with Gasteiger partial charge in [0, 0.05) is 12.4 Å². The van der Waals surface area contributed by atoms with Crippen molar-refractivity contribution in [3.8, 4) is 0 Å². The number of carbonyl (C=O) groups excluding carboxylic acids is 1. The van der Waals surface area contributed by atoms with Crippen LogP contribution in [0, 0.1) is 0 Å². The van der Waals surface area contributed by atoms with Gasteiger partial charge in [-0.1, -0.05) is 0 Å². The highest BCUT2D eigenvalue weighted by molar-refractivity contribution is 9.10. The van der Waals surface area contributed by atoms with E-state index in [1.165, 1.54) is 12.4 Å². The molecule has 3 N–H and O–H groups in total. The summed E-state index contributed by atoms with van der Waals surface area (Å²) in [6.07, 6.45) is 4.57. The van der Waals surface area contributed by atoms with Crippen LogP contribution < -0.4 is 11.1 Å². The largest absolute Gasteiger partial charge is 0.397 e. The molecule has 0 saturated carbocycles. The minimum atomic E-state index is -0.268. The lowest BCUT2D eigenvalue weighted by Gasteiger charge is -2.06. The Morgan fingerprint density at radius 1 is 1.41 bits per heavy atom. The van der Waals surface area contributed by atoms with E-state index < -0.39 is 0 Å². The second kappa shape index (κ2) is 4.92. The molecule has 1 amide bonds. The molecule has 6 heteroatoms. The molecule has 17 heavy (non-hydrogen) atoms. The fourth-order valence-corrected chi connectivity index (χ4v) is 1.69. The molecule has 2 aromatic heterocycles. The summed E-state index contributed by atoms with van der Waals surface area (Å²) >= 11 is 3.28. The Morgan fingerprint density at radius 2 is 2.24 bits per heavy atom. The maximum Gasteiger partial charge on any atom is 0.258 e. The molecule has 0 bridgehead atoms. The fourth-order valence-electron chi connectivity index (χ4n) is 1.22. The van der Waals surface area contributed by atoms with Crippen LogP contribution in [0.5, 0.6) is 0 Å². The molecule has 0 radical (unpaired) electrons. The standard InChI is InChI=1S/C11H9BrN4O/c12-9-4-8(13)6-15-10(9)16-11(17)7-2-1-3-14-5-7/h1-6H,13H2,(H,15,16,17). The van der Waals surface area contributed by atoms with Crippen molar-refractivity contribution in [2.24, 2.45) is 0 Å². The van der Waals surface area contributed by atoms with Crippen LogP contribution >= 0.6 is 15.9 Å². The Kier molecular flexibility index (Phi) is 3.34. The van der Waals surface area contributed by atoms with Crippen molar-refractivity contribution in [3.05, 3.63) is 46.8 Å². The zero-order valence-corrected chi connectivity index (χ0v) is 10.3. The first kappa shape index (κ1) is 11.5. The van der Waals surface area contributed by atoms with E-state index in [-0.39, 0.29) is 5.91 Å². The van der Waals surface area contributed by atoms with Crippen molar-refractivity contribution >= 4 is 33.3 Å². The molecule has 0 aliphatic rings. The SMILES string of the molecule is Nc1cnc(NC(=O)c2cccnc2)c(Br)c1. The number of aromatic nitrogens is 2. The summed E-state index contributed by atoms with van der Waals surface area (Å²) in [7, 11) is 0. The third kappa shape index (κ3) is 2.79. The van der Waals surface area contributed by atoms with Gasteiger partial charge in [0.2, 0.25) is 0 Å². The quantitative estimate of drug-likeness (QED) is 0.888. The van der Waals surface area contributed by atoms with Crippen molar-refractivity contribution in [2.45, 2.75) is 0 Å². The molecule has 0 saturated heterocycles. The first-order valence-corrected chi connectivity index (χ1v) is 5.58. The second-order valence-electron chi connectivity index (χ2n) is 3.29. The third-order valence-corrected chi connectivity index (χ3v) is 2.62. The zero-order valence-electron chi connectivity index (χ0n) is 8.72. The Labute approximate surface area is 106 Å². The van der Waals surface area contributed by atoms with E-state index in [0.29, 0.717) is 21.5 Å². The molecule has 86 valence electrons. The highest BCUT2D eigenvalue weighted by Gasteiger charge is 2.09. The van der Waals surface area contributed by atoms with E-state index in [2.05, 4.69) is 31.2 Å².